The summed E-state index contributed by atoms with van der Waals surface area (Å²) in [5.41, 5.74) is 5.97. The summed E-state index contributed by atoms with van der Waals surface area (Å²) in [6.07, 6.45) is 6.61. The Morgan fingerprint density at radius 3 is 2.66 bits per heavy atom. The largest absolute Gasteiger partial charge is 0.444 e. The van der Waals surface area contributed by atoms with Gasteiger partial charge in [-0.25, -0.2) is 14.5 Å². The molecule has 9 nitrogen and oxygen atoms in total. The van der Waals surface area contributed by atoms with E-state index in [2.05, 4.69) is 77.0 Å². The summed E-state index contributed by atoms with van der Waals surface area (Å²) in [5, 5.41) is 14.8. The van der Waals surface area contributed by atoms with Gasteiger partial charge in [-0.1, -0.05) is 50.3 Å². The van der Waals surface area contributed by atoms with Gasteiger partial charge in [-0.15, -0.1) is 5.10 Å². The summed E-state index contributed by atoms with van der Waals surface area (Å²) in [5.74, 6) is 1.60. The van der Waals surface area contributed by atoms with Crippen LogP contribution in [0.2, 0.25) is 0 Å². The molecule has 0 aliphatic carbocycles. The molecule has 0 saturated carbocycles. The average molecular weight is 559 g/mol. The molecular weight excluding hydrogens is 516 g/mol. The molecule has 1 atom stereocenters. The number of hydrogen-bond donors (Lipinski definition) is 2. The van der Waals surface area contributed by atoms with E-state index in [9.17, 15) is 4.79 Å². The quantitative estimate of drug-likeness (QED) is 0.194. The zero-order chi connectivity index (χ0) is 29.4. The van der Waals surface area contributed by atoms with Gasteiger partial charge in [0.15, 0.2) is 12.2 Å². The first-order valence-corrected chi connectivity index (χ1v) is 14.3. The van der Waals surface area contributed by atoms with E-state index in [0.717, 1.165) is 42.9 Å². The second-order valence-corrected chi connectivity index (χ2v) is 11.8. The molecule has 0 spiro atoms. The smallest absolute Gasteiger partial charge is 0.407 e. The fourth-order valence-electron chi connectivity index (χ4n) is 4.55. The molecule has 4 aromatic rings. The summed E-state index contributed by atoms with van der Waals surface area (Å²) in [6.45, 7) is 14.1. The van der Waals surface area contributed by atoms with Crippen LogP contribution in [0.15, 0.2) is 65.7 Å². The molecule has 0 radical (unpaired) electrons. The number of carbonyl (C=O) groups is 1. The second-order valence-electron chi connectivity index (χ2n) is 11.8. The van der Waals surface area contributed by atoms with Gasteiger partial charge >= 0.3 is 6.09 Å². The number of ether oxygens (including phenoxy) is 1. The maximum atomic E-state index is 11.9. The molecule has 41 heavy (non-hydrogen) atoms. The number of hydrogen-bond acceptors (Lipinski definition) is 7. The lowest BCUT2D eigenvalue weighted by Crippen LogP contribution is -2.32. The van der Waals surface area contributed by atoms with Crippen molar-refractivity contribution >= 4 is 6.09 Å². The van der Waals surface area contributed by atoms with Crippen molar-refractivity contribution in [3.63, 3.8) is 0 Å². The normalized spacial score (nSPS) is 12.5. The van der Waals surface area contributed by atoms with Crippen molar-refractivity contribution in [2.24, 2.45) is 0 Å². The van der Waals surface area contributed by atoms with Crippen molar-refractivity contribution in [1.82, 2.24) is 30.6 Å². The fourth-order valence-corrected chi connectivity index (χ4v) is 4.55. The number of alkyl carbamates (subject to hydrolysis) is 1. The molecule has 2 N–H and O–H groups in total. The molecule has 1 unspecified atom stereocenters. The molecule has 2 aromatic heterocycles. The highest BCUT2D eigenvalue weighted by molar-refractivity contribution is 5.67. The number of aromatic nitrogens is 4. The predicted octanol–water partition coefficient (Wildman–Crippen LogP) is 6.40. The molecule has 0 aliphatic rings. The molecule has 0 bridgehead atoms. The van der Waals surface area contributed by atoms with Gasteiger partial charge in [0, 0.05) is 12.1 Å². The molecule has 0 aliphatic heterocycles. The summed E-state index contributed by atoms with van der Waals surface area (Å²) in [4.78, 5) is 16.0. The van der Waals surface area contributed by atoms with Gasteiger partial charge in [-0.3, -0.25) is 0 Å². The SMILES string of the molecule is CC(C)c1ccc(CCCNCC(C)c2cccc(-n3cc(CNC(=O)OC(C)(C)C)nn3)c2)c(-c2cnco2)c1. The van der Waals surface area contributed by atoms with E-state index < -0.39 is 11.7 Å². The van der Waals surface area contributed by atoms with Gasteiger partial charge in [-0.2, -0.15) is 0 Å². The molecule has 2 heterocycles. The van der Waals surface area contributed by atoms with Crippen LogP contribution < -0.4 is 10.6 Å². The lowest BCUT2D eigenvalue weighted by molar-refractivity contribution is 0.0523. The number of oxazole rings is 1. The third-order valence-corrected chi connectivity index (χ3v) is 6.81. The van der Waals surface area contributed by atoms with Gasteiger partial charge in [0.1, 0.15) is 11.3 Å². The van der Waals surface area contributed by atoms with Crippen LogP contribution in [0.1, 0.15) is 82.2 Å². The molecule has 9 heteroatoms. The van der Waals surface area contributed by atoms with Gasteiger partial charge in [0.2, 0.25) is 0 Å². The Morgan fingerprint density at radius 2 is 1.93 bits per heavy atom. The third kappa shape index (κ3) is 8.75. The van der Waals surface area contributed by atoms with Crippen molar-refractivity contribution in [2.45, 2.75) is 78.4 Å². The van der Waals surface area contributed by atoms with Gasteiger partial charge in [-0.05, 0) is 86.9 Å². The minimum absolute atomic E-state index is 0.247. The van der Waals surface area contributed by atoms with E-state index in [1.54, 1.807) is 10.9 Å². The summed E-state index contributed by atoms with van der Waals surface area (Å²) >= 11 is 0. The number of nitrogens with one attached hydrogen (secondary N) is 2. The van der Waals surface area contributed by atoms with Crippen molar-refractivity contribution in [3.05, 3.63) is 83.6 Å². The van der Waals surface area contributed by atoms with Crippen LogP contribution in [-0.4, -0.2) is 44.8 Å². The first-order chi connectivity index (χ1) is 19.6. The van der Waals surface area contributed by atoms with E-state index in [-0.39, 0.29) is 6.54 Å². The lowest BCUT2D eigenvalue weighted by Gasteiger charge is -2.19. The Kier molecular flexibility index (Phi) is 9.94. The van der Waals surface area contributed by atoms with Crippen LogP contribution >= 0.6 is 0 Å². The van der Waals surface area contributed by atoms with Crippen LogP contribution in [0.3, 0.4) is 0 Å². The highest BCUT2D eigenvalue weighted by atomic mass is 16.6. The van der Waals surface area contributed by atoms with E-state index in [1.807, 2.05) is 39.1 Å². The minimum atomic E-state index is -0.547. The Morgan fingerprint density at radius 1 is 1.10 bits per heavy atom. The van der Waals surface area contributed by atoms with E-state index >= 15 is 0 Å². The van der Waals surface area contributed by atoms with Crippen molar-refractivity contribution in [1.29, 1.82) is 0 Å². The number of rotatable bonds is 12. The van der Waals surface area contributed by atoms with Crippen LogP contribution in [0.25, 0.3) is 17.0 Å². The molecule has 218 valence electrons. The van der Waals surface area contributed by atoms with Gasteiger partial charge in [0.25, 0.3) is 0 Å². The third-order valence-electron chi connectivity index (χ3n) is 6.81. The monoisotopic (exact) mass is 558 g/mol. The Hall–Kier alpha value is -3.98. The number of benzene rings is 2. The zero-order valence-electron chi connectivity index (χ0n) is 25.0. The summed E-state index contributed by atoms with van der Waals surface area (Å²) < 4.78 is 12.6. The minimum Gasteiger partial charge on any atom is -0.444 e. The standard InChI is InChI=1S/C32H42N6O3/c1-22(2)25-13-12-24(29(16-25)30-19-34-21-40-30)10-8-14-33-17-23(3)26-9-7-11-28(15-26)38-20-27(36-37-38)18-35-31(39)41-32(4,5)6/h7,9,11-13,15-16,19-23,33H,8,10,14,17-18H2,1-6H3,(H,35,39). The van der Waals surface area contributed by atoms with E-state index in [4.69, 9.17) is 9.15 Å². The zero-order valence-corrected chi connectivity index (χ0v) is 25.0. The number of aryl methyl sites for hydroxylation is 1. The lowest BCUT2D eigenvalue weighted by atomic mass is 9.94. The van der Waals surface area contributed by atoms with E-state index in [1.165, 1.54) is 23.1 Å². The predicted molar refractivity (Wildman–Crippen MR) is 160 cm³/mol. The van der Waals surface area contributed by atoms with Crippen LogP contribution in [0, 0.1) is 0 Å². The molecule has 0 saturated heterocycles. The van der Waals surface area contributed by atoms with E-state index in [0.29, 0.717) is 17.5 Å². The van der Waals surface area contributed by atoms with Crippen LogP contribution in [0.5, 0.6) is 0 Å². The average Bonchev–Trinajstić information content (AvgIpc) is 3.64. The maximum Gasteiger partial charge on any atom is 0.407 e. The number of nitrogens with zero attached hydrogens (tertiary/aromatic N) is 4. The Bertz CT molecular complexity index is 1410. The summed E-state index contributed by atoms with van der Waals surface area (Å²) in [7, 11) is 0. The van der Waals surface area contributed by atoms with Gasteiger partial charge < -0.3 is 19.8 Å². The van der Waals surface area contributed by atoms with Crippen molar-refractivity contribution in [3.8, 4) is 17.0 Å². The van der Waals surface area contributed by atoms with Crippen LogP contribution in [-0.2, 0) is 17.7 Å². The molecule has 1 amide bonds. The highest BCUT2D eigenvalue weighted by Crippen LogP contribution is 2.28. The van der Waals surface area contributed by atoms with Crippen molar-refractivity contribution < 1.29 is 13.9 Å². The Balaban J connectivity index is 1.27. The molecule has 2 aromatic carbocycles. The van der Waals surface area contributed by atoms with Crippen molar-refractivity contribution in [2.75, 3.05) is 13.1 Å². The first kappa shape index (κ1) is 30.0. The molecular formula is C32H42N6O3. The first-order valence-electron chi connectivity index (χ1n) is 14.3. The molecule has 4 rings (SSSR count). The fraction of sp³-hybridized carbons (Fsp3) is 0.438. The Labute approximate surface area is 242 Å². The second kappa shape index (κ2) is 13.6. The number of amides is 1. The van der Waals surface area contributed by atoms with Gasteiger partial charge in [0.05, 0.1) is 24.6 Å². The maximum absolute atomic E-state index is 11.9. The number of carbonyl (C=O) groups excluding carboxylic acids is 1. The molecule has 0 fully saturated rings. The van der Waals surface area contributed by atoms with Crippen LogP contribution in [0.4, 0.5) is 4.79 Å². The summed E-state index contributed by atoms with van der Waals surface area (Å²) in [6, 6.07) is 15.0. The highest BCUT2D eigenvalue weighted by Gasteiger charge is 2.16. The topological polar surface area (TPSA) is 107 Å².